The molecule has 0 N–H and O–H groups in total. The van der Waals surface area contributed by atoms with E-state index in [1.54, 1.807) is 0 Å². The third-order valence-electron chi connectivity index (χ3n) is 11.5. The molecular formula is C48H30N2O2. The fourth-order valence-corrected chi connectivity index (χ4v) is 9.02. The smallest absolute Gasteiger partial charge is 0.179 e. The van der Waals surface area contributed by atoms with E-state index in [0.717, 1.165) is 55.0 Å². The second kappa shape index (κ2) is 9.93. The molecule has 12 aromatic rings. The SMILES string of the molecule is Cn1c2ccccc2c2cc(-c3ccc4c(c3)oc3c5oc6cc(-c7ccc8c(c7)c7ccccc7n8C)ccc6c5c5ccccc5c43)ccc21. The Bertz CT molecular complexity index is 3260. The summed E-state index contributed by atoms with van der Waals surface area (Å²) in [6, 6.07) is 52.6. The van der Waals surface area contributed by atoms with Crippen molar-refractivity contribution < 1.29 is 8.83 Å². The molecule has 12 rings (SSSR count). The van der Waals surface area contributed by atoms with Gasteiger partial charge in [0.1, 0.15) is 11.2 Å². The predicted molar refractivity (Wildman–Crippen MR) is 217 cm³/mol. The van der Waals surface area contributed by atoms with E-state index in [-0.39, 0.29) is 0 Å². The highest BCUT2D eigenvalue weighted by Gasteiger charge is 2.22. The number of hydrogen-bond donors (Lipinski definition) is 0. The quantitative estimate of drug-likeness (QED) is 0.184. The summed E-state index contributed by atoms with van der Waals surface area (Å²) in [6.07, 6.45) is 0. The van der Waals surface area contributed by atoms with Crippen LogP contribution < -0.4 is 0 Å². The Kier molecular flexibility index (Phi) is 5.34. The number of para-hydroxylation sites is 2. The molecule has 4 nitrogen and oxygen atoms in total. The molecule has 52 heavy (non-hydrogen) atoms. The van der Waals surface area contributed by atoms with Crippen LogP contribution in [0.3, 0.4) is 0 Å². The summed E-state index contributed by atoms with van der Waals surface area (Å²) in [5.41, 5.74) is 12.8. The second-order valence-corrected chi connectivity index (χ2v) is 14.2. The number of fused-ring (bicyclic) bond motifs is 16. The van der Waals surface area contributed by atoms with E-state index in [9.17, 15) is 0 Å². The average Bonchev–Trinajstić information content (AvgIpc) is 3.93. The highest BCUT2D eigenvalue weighted by atomic mass is 16.4. The minimum Gasteiger partial charge on any atom is -0.452 e. The Morgan fingerprint density at radius 2 is 0.692 bits per heavy atom. The molecule has 0 fully saturated rings. The molecule has 0 saturated carbocycles. The standard InChI is InChI=1S/C48H30N2O2/c1-49-39-13-7-5-9-31(39)37-23-27(17-21-41(37)49)29-15-19-35-43(25-29)51-47-45(35)33-11-3-4-12-34(33)46-36-20-16-30(26-44(36)52-48(46)47)28-18-22-42-38(24-28)32-10-6-8-14-40(32)50(42)2/h3-26H,1-2H3. The maximum atomic E-state index is 6.83. The molecular weight excluding hydrogens is 637 g/mol. The van der Waals surface area contributed by atoms with Gasteiger partial charge in [-0.1, -0.05) is 84.9 Å². The molecule has 0 amide bonds. The van der Waals surface area contributed by atoms with Gasteiger partial charge in [0.15, 0.2) is 11.2 Å². The number of aromatic nitrogens is 2. The van der Waals surface area contributed by atoms with E-state index in [4.69, 9.17) is 8.83 Å². The van der Waals surface area contributed by atoms with Crippen LogP contribution in [0.25, 0.3) is 121 Å². The lowest BCUT2D eigenvalue weighted by molar-refractivity contribution is 0.634. The number of hydrogen-bond acceptors (Lipinski definition) is 2. The number of furan rings is 2. The monoisotopic (exact) mass is 666 g/mol. The van der Waals surface area contributed by atoms with E-state index in [1.807, 2.05) is 0 Å². The van der Waals surface area contributed by atoms with Crippen molar-refractivity contribution in [3.8, 4) is 22.3 Å². The van der Waals surface area contributed by atoms with Crippen LogP contribution >= 0.6 is 0 Å². The van der Waals surface area contributed by atoms with Crippen molar-refractivity contribution in [2.45, 2.75) is 0 Å². The molecule has 0 spiro atoms. The maximum Gasteiger partial charge on any atom is 0.179 e. The van der Waals surface area contributed by atoms with Crippen molar-refractivity contribution >= 4 is 98.3 Å². The summed E-state index contributed by atoms with van der Waals surface area (Å²) in [7, 11) is 4.28. The van der Waals surface area contributed by atoms with Gasteiger partial charge in [0, 0.05) is 79.3 Å². The normalized spacial score (nSPS) is 12.4. The van der Waals surface area contributed by atoms with Crippen LogP contribution in [-0.4, -0.2) is 9.13 Å². The van der Waals surface area contributed by atoms with Crippen LogP contribution in [0.2, 0.25) is 0 Å². The Labute approximate surface area is 297 Å². The second-order valence-electron chi connectivity index (χ2n) is 14.2. The van der Waals surface area contributed by atoms with Gasteiger partial charge in [-0.05, 0) is 93.7 Å². The first-order valence-corrected chi connectivity index (χ1v) is 17.8. The van der Waals surface area contributed by atoms with E-state index in [0.29, 0.717) is 0 Å². The Hall–Kier alpha value is -6.78. The molecule has 4 heteroatoms. The van der Waals surface area contributed by atoms with Gasteiger partial charge in [0.2, 0.25) is 0 Å². The largest absolute Gasteiger partial charge is 0.452 e. The van der Waals surface area contributed by atoms with E-state index in [2.05, 4.69) is 169 Å². The lowest BCUT2D eigenvalue weighted by atomic mass is 9.96. The van der Waals surface area contributed by atoms with Gasteiger partial charge in [0.25, 0.3) is 0 Å². The minimum absolute atomic E-state index is 0.792. The van der Waals surface area contributed by atoms with Crippen molar-refractivity contribution in [3.63, 3.8) is 0 Å². The van der Waals surface area contributed by atoms with Crippen molar-refractivity contribution in [1.29, 1.82) is 0 Å². The Morgan fingerprint density at radius 3 is 1.15 bits per heavy atom. The minimum atomic E-state index is 0.792. The third kappa shape index (κ3) is 3.60. The fraction of sp³-hybridized carbons (Fsp3) is 0.0417. The molecule has 8 aromatic carbocycles. The summed E-state index contributed by atoms with van der Waals surface area (Å²) >= 11 is 0. The molecule has 0 aliphatic carbocycles. The maximum absolute atomic E-state index is 6.83. The molecule has 0 bridgehead atoms. The molecule has 0 aliphatic rings. The zero-order chi connectivity index (χ0) is 34.2. The van der Waals surface area contributed by atoms with E-state index < -0.39 is 0 Å². The van der Waals surface area contributed by atoms with Crippen molar-refractivity contribution in [2.75, 3.05) is 0 Å². The molecule has 0 saturated heterocycles. The summed E-state index contributed by atoms with van der Waals surface area (Å²) in [4.78, 5) is 0. The van der Waals surface area contributed by atoms with Crippen LogP contribution in [0.5, 0.6) is 0 Å². The van der Waals surface area contributed by atoms with Crippen LogP contribution in [0.15, 0.2) is 154 Å². The first kappa shape index (κ1) is 28.0. The summed E-state index contributed by atoms with van der Waals surface area (Å²) in [6.45, 7) is 0. The lowest BCUT2D eigenvalue weighted by Crippen LogP contribution is -1.86. The van der Waals surface area contributed by atoms with Gasteiger partial charge in [-0.25, -0.2) is 0 Å². The summed E-state index contributed by atoms with van der Waals surface area (Å²) in [5, 5.41) is 11.7. The van der Waals surface area contributed by atoms with Gasteiger partial charge >= 0.3 is 0 Å². The van der Waals surface area contributed by atoms with Crippen LogP contribution in [0.1, 0.15) is 0 Å². The van der Waals surface area contributed by atoms with Gasteiger partial charge in [-0.2, -0.15) is 0 Å². The van der Waals surface area contributed by atoms with Gasteiger partial charge < -0.3 is 18.0 Å². The van der Waals surface area contributed by atoms with Crippen LogP contribution in [0.4, 0.5) is 0 Å². The van der Waals surface area contributed by atoms with Crippen LogP contribution in [-0.2, 0) is 14.1 Å². The predicted octanol–water partition coefficient (Wildman–Crippen LogP) is 13.3. The van der Waals surface area contributed by atoms with Crippen LogP contribution in [0, 0.1) is 0 Å². The highest BCUT2D eigenvalue weighted by molar-refractivity contribution is 6.33. The third-order valence-corrected chi connectivity index (χ3v) is 11.5. The number of rotatable bonds is 2. The molecule has 4 heterocycles. The molecule has 0 unspecified atom stereocenters. The zero-order valence-corrected chi connectivity index (χ0v) is 28.6. The summed E-state index contributed by atoms with van der Waals surface area (Å²) in [5.74, 6) is 0. The molecule has 4 aromatic heterocycles. The van der Waals surface area contributed by atoms with Gasteiger partial charge in [-0.3, -0.25) is 0 Å². The van der Waals surface area contributed by atoms with Gasteiger partial charge in [0.05, 0.1) is 0 Å². The molecule has 0 atom stereocenters. The van der Waals surface area contributed by atoms with E-state index in [1.165, 1.54) is 65.5 Å². The topological polar surface area (TPSA) is 36.1 Å². The first-order chi connectivity index (χ1) is 25.6. The van der Waals surface area contributed by atoms with Gasteiger partial charge in [-0.15, -0.1) is 0 Å². The lowest BCUT2D eigenvalue weighted by Gasteiger charge is -2.05. The number of nitrogens with zero attached hydrogens (tertiary/aromatic N) is 2. The van der Waals surface area contributed by atoms with Crippen molar-refractivity contribution in [2.24, 2.45) is 14.1 Å². The fourth-order valence-electron chi connectivity index (χ4n) is 9.02. The molecule has 0 aliphatic heterocycles. The number of benzene rings is 8. The Morgan fingerprint density at radius 1 is 0.327 bits per heavy atom. The highest BCUT2D eigenvalue weighted by Crippen LogP contribution is 2.46. The molecule has 244 valence electrons. The molecule has 0 radical (unpaired) electrons. The number of aryl methyl sites for hydroxylation is 2. The van der Waals surface area contributed by atoms with Crippen molar-refractivity contribution in [1.82, 2.24) is 9.13 Å². The van der Waals surface area contributed by atoms with E-state index >= 15 is 0 Å². The first-order valence-electron chi connectivity index (χ1n) is 17.8. The van der Waals surface area contributed by atoms with Crippen molar-refractivity contribution in [3.05, 3.63) is 146 Å². The zero-order valence-electron chi connectivity index (χ0n) is 28.6. The average molecular weight is 667 g/mol. The Balaban J connectivity index is 1.06. The summed E-state index contributed by atoms with van der Waals surface area (Å²) < 4.78 is 18.2.